The number of nitrogens with zero attached hydrogens (tertiary/aromatic N) is 4. The number of alkyl halides is 3. The Hall–Kier alpha value is -2.42. The molecule has 0 aliphatic heterocycles. The third-order valence-electron chi connectivity index (χ3n) is 3.38. The Morgan fingerprint density at radius 2 is 2.12 bits per heavy atom. The van der Waals surface area contributed by atoms with Gasteiger partial charge in [0.2, 0.25) is 0 Å². The van der Waals surface area contributed by atoms with Gasteiger partial charge in [0.15, 0.2) is 5.69 Å². The quantitative estimate of drug-likeness (QED) is 0.904. The van der Waals surface area contributed by atoms with E-state index in [9.17, 15) is 23.1 Å². The summed E-state index contributed by atoms with van der Waals surface area (Å²) in [5, 5.41) is 16.7. The van der Waals surface area contributed by atoms with Crippen molar-refractivity contribution < 1.29 is 23.1 Å². The average molecular weight is 342 g/mol. The monoisotopic (exact) mass is 342 g/mol. The summed E-state index contributed by atoms with van der Waals surface area (Å²) in [5.41, 5.74) is -0.638. The highest BCUT2D eigenvalue weighted by molar-refractivity contribution is 5.91. The fourth-order valence-electron chi connectivity index (χ4n) is 1.99. The van der Waals surface area contributed by atoms with E-state index in [-0.39, 0.29) is 11.4 Å². The molecule has 1 atom stereocenters. The molecule has 0 spiro atoms. The molecule has 0 radical (unpaired) electrons. The molecule has 1 aromatic heterocycles. The van der Waals surface area contributed by atoms with Gasteiger partial charge < -0.3 is 10.0 Å². The van der Waals surface area contributed by atoms with Gasteiger partial charge in [-0.2, -0.15) is 13.2 Å². The maximum atomic E-state index is 12.7. The van der Waals surface area contributed by atoms with Crippen LogP contribution in [-0.4, -0.2) is 50.6 Å². The summed E-state index contributed by atoms with van der Waals surface area (Å²) in [6.45, 7) is 1.94. The number of carbonyl (C=O) groups is 1. The predicted molar refractivity (Wildman–Crippen MR) is 79.6 cm³/mol. The summed E-state index contributed by atoms with van der Waals surface area (Å²) in [7, 11) is 1.55. The minimum absolute atomic E-state index is 0.0144. The fourth-order valence-corrected chi connectivity index (χ4v) is 1.99. The number of hydrogen-bond acceptors (Lipinski definition) is 4. The maximum absolute atomic E-state index is 12.7. The van der Waals surface area contributed by atoms with Crippen LogP contribution >= 0.6 is 0 Å². The van der Waals surface area contributed by atoms with Gasteiger partial charge >= 0.3 is 6.18 Å². The van der Waals surface area contributed by atoms with E-state index in [2.05, 4.69) is 10.3 Å². The molecule has 2 rings (SSSR count). The number of halogens is 3. The van der Waals surface area contributed by atoms with E-state index in [1.54, 1.807) is 14.0 Å². The third-order valence-corrected chi connectivity index (χ3v) is 3.38. The Morgan fingerprint density at radius 3 is 2.75 bits per heavy atom. The molecule has 0 aliphatic carbocycles. The van der Waals surface area contributed by atoms with E-state index in [0.717, 1.165) is 16.8 Å². The number of rotatable bonds is 5. The summed E-state index contributed by atoms with van der Waals surface area (Å²) in [6.07, 6.45) is -3.32. The first-order chi connectivity index (χ1) is 11.2. The van der Waals surface area contributed by atoms with Gasteiger partial charge in [-0.05, 0) is 31.5 Å². The highest BCUT2D eigenvalue weighted by atomic mass is 19.4. The van der Waals surface area contributed by atoms with Crippen LogP contribution in [0.5, 0.6) is 0 Å². The van der Waals surface area contributed by atoms with Crippen molar-refractivity contribution in [2.24, 2.45) is 0 Å². The second kappa shape index (κ2) is 7.00. The van der Waals surface area contributed by atoms with Crippen molar-refractivity contribution in [3.63, 3.8) is 0 Å². The smallest absolute Gasteiger partial charge is 0.393 e. The molecule has 0 saturated heterocycles. The van der Waals surface area contributed by atoms with E-state index >= 15 is 0 Å². The molecule has 1 heterocycles. The summed E-state index contributed by atoms with van der Waals surface area (Å²) in [6, 6.07) is 4.59. The molecule has 9 heteroatoms. The lowest BCUT2D eigenvalue weighted by molar-refractivity contribution is -0.137. The number of hydrogen-bond donors (Lipinski definition) is 1. The average Bonchev–Trinajstić information content (AvgIpc) is 3.01. The number of aliphatic hydroxyl groups excluding tert-OH is 1. The first-order valence-corrected chi connectivity index (χ1v) is 7.22. The molecule has 0 bridgehead atoms. The van der Waals surface area contributed by atoms with Crippen LogP contribution in [0.1, 0.15) is 29.4 Å². The second-order valence-electron chi connectivity index (χ2n) is 5.46. The van der Waals surface area contributed by atoms with Crippen molar-refractivity contribution in [2.45, 2.75) is 25.6 Å². The first kappa shape index (κ1) is 17.9. The van der Waals surface area contributed by atoms with E-state index in [1.807, 2.05) is 0 Å². The van der Waals surface area contributed by atoms with Gasteiger partial charge in [0.1, 0.15) is 0 Å². The van der Waals surface area contributed by atoms with Crippen LogP contribution < -0.4 is 0 Å². The zero-order chi connectivity index (χ0) is 17.9. The molecule has 0 fully saturated rings. The van der Waals surface area contributed by atoms with Crippen LogP contribution in [0.2, 0.25) is 0 Å². The zero-order valence-electron chi connectivity index (χ0n) is 13.2. The number of benzene rings is 1. The first-order valence-electron chi connectivity index (χ1n) is 7.22. The zero-order valence-corrected chi connectivity index (χ0v) is 13.2. The SMILES string of the molecule is CC(O)CCN(C)C(=O)c1cn(-c2cccc(C(F)(F)F)c2)nn1. The van der Waals surface area contributed by atoms with Gasteiger partial charge in [-0.25, -0.2) is 4.68 Å². The molecule has 0 saturated carbocycles. The van der Waals surface area contributed by atoms with Crippen LogP contribution in [0.25, 0.3) is 5.69 Å². The van der Waals surface area contributed by atoms with Crippen LogP contribution in [0.15, 0.2) is 30.5 Å². The number of aromatic nitrogens is 3. The molecule has 1 unspecified atom stereocenters. The van der Waals surface area contributed by atoms with E-state index in [4.69, 9.17) is 0 Å². The van der Waals surface area contributed by atoms with Gasteiger partial charge in [-0.15, -0.1) is 5.10 Å². The Bertz CT molecular complexity index is 713. The molecular weight excluding hydrogens is 325 g/mol. The van der Waals surface area contributed by atoms with Gasteiger partial charge in [-0.1, -0.05) is 11.3 Å². The molecule has 6 nitrogen and oxygen atoms in total. The van der Waals surface area contributed by atoms with Crippen molar-refractivity contribution in [1.82, 2.24) is 19.9 Å². The lowest BCUT2D eigenvalue weighted by Crippen LogP contribution is -2.29. The molecule has 24 heavy (non-hydrogen) atoms. The highest BCUT2D eigenvalue weighted by Gasteiger charge is 2.30. The van der Waals surface area contributed by atoms with E-state index in [1.165, 1.54) is 23.2 Å². The maximum Gasteiger partial charge on any atom is 0.416 e. The van der Waals surface area contributed by atoms with Gasteiger partial charge in [0.05, 0.1) is 23.6 Å². The second-order valence-corrected chi connectivity index (χ2v) is 5.46. The van der Waals surface area contributed by atoms with Gasteiger partial charge in [-0.3, -0.25) is 4.79 Å². The summed E-state index contributed by atoms with van der Waals surface area (Å²) in [4.78, 5) is 13.5. The van der Waals surface area contributed by atoms with Crippen molar-refractivity contribution in [3.05, 3.63) is 41.7 Å². The summed E-state index contributed by atoms with van der Waals surface area (Å²) < 4.78 is 39.4. The minimum atomic E-state index is -4.46. The summed E-state index contributed by atoms with van der Waals surface area (Å²) in [5.74, 6) is -0.422. The molecule has 130 valence electrons. The summed E-state index contributed by atoms with van der Waals surface area (Å²) >= 11 is 0. The molecule has 0 aliphatic rings. The van der Waals surface area contributed by atoms with Crippen molar-refractivity contribution >= 4 is 5.91 Å². The lowest BCUT2D eigenvalue weighted by atomic mass is 10.2. The fraction of sp³-hybridized carbons (Fsp3) is 0.400. The normalized spacial score (nSPS) is 12.9. The van der Waals surface area contributed by atoms with Crippen molar-refractivity contribution in [1.29, 1.82) is 0 Å². The van der Waals surface area contributed by atoms with E-state index < -0.39 is 23.8 Å². The molecular formula is C15H17F3N4O2. The molecule has 2 aromatic rings. The minimum Gasteiger partial charge on any atom is -0.393 e. The van der Waals surface area contributed by atoms with Gasteiger partial charge in [0, 0.05) is 13.6 Å². The molecule has 1 N–H and O–H groups in total. The highest BCUT2D eigenvalue weighted by Crippen LogP contribution is 2.30. The largest absolute Gasteiger partial charge is 0.416 e. The number of aliphatic hydroxyl groups is 1. The Balaban J connectivity index is 2.17. The predicted octanol–water partition coefficient (Wildman–Crippen LogP) is 2.13. The van der Waals surface area contributed by atoms with Crippen molar-refractivity contribution in [2.75, 3.05) is 13.6 Å². The Labute approximate surface area is 136 Å². The number of amides is 1. The number of carbonyl (C=O) groups excluding carboxylic acids is 1. The Morgan fingerprint density at radius 1 is 1.42 bits per heavy atom. The topological polar surface area (TPSA) is 71.2 Å². The lowest BCUT2D eigenvalue weighted by Gasteiger charge is -2.16. The van der Waals surface area contributed by atoms with Crippen LogP contribution in [0.3, 0.4) is 0 Å². The molecule has 1 amide bonds. The Kier molecular flexibility index (Phi) is 5.23. The van der Waals surface area contributed by atoms with Crippen molar-refractivity contribution in [3.8, 4) is 5.69 Å². The van der Waals surface area contributed by atoms with Crippen LogP contribution in [0.4, 0.5) is 13.2 Å². The van der Waals surface area contributed by atoms with Crippen LogP contribution in [0, 0.1) is 0 Å². The van der Waals surface area contributed by atoms with Gasteiger partial charge in [0.25, 0.3) is 5.91 Å². The third kappa shape index (κ3) is 4.31. The molecule has 1 aromatic carbocycles. The van der Waals surface area contributed by atoms with E-state index in [0.29, 0.717) is 13.0 Å². The van der Waals surface area contributed by atoms with Crippen LogP contribution in [-0.2, 0) is 6.18 Å². The standard InChI is InChI=1S/C15H17F3N4O2/c1-10(23)6-7-21(2)14(24)13-9-22(20-19-13)12-5-3-4-11(8-12)15(16,17)18/h3-5,8-10,23H,6-7H2,1-2H3.